The summed E-state index contributed by atoms with van der Waals surface area (Å²) >= 11 is 0. The number of allylic oxidation sites excluding steroid dienone is 1. The molecule has 0 atom stereocenters. The van der Waals surface area contributed by atoms with Crippen LogP contribution in [0.1, 0.15) is 0 Å². The number of carbonyl (C=O) groups is 2. The van der Waals surface area contributed by atoms with Crippen LogP contribution in [0.5, 0.6) is 0 Å². The number of hydrogen-bond donors (Lipinski definition) is 3. The molecule has 2 radical (unpaired) electrons. The Labute approximate surface area is 124 Å². The topological polar surface area (TPSA) is 115 Å². The van der Waals surface area contributed by atoms with Gasteiger partial charge in [-0.05, 0) is 0 Å². The van der Waals surface area contributed by atoms with E-state index in [-0.39, 0.29) is 70.6 Å². The van der Waals surface area contributed by atoms with Crippen molar-refractivity contribution in [1.29, 1.82) is 0 Å². The van der Waals surface area contributed by atoms with Crippen molar-refractivity contribution < 1.29 is 29.1 Å². The van der Waals surface area contributed by atoms with Crippen LogP contribution in [0.2, 0.25) is 0 Å². The van der Waals surface area contributed by atoms with E-state index in [0.717, 1.165) is 0 Å². The molecule has 0 bridgehead atoms. The normalized spacial score (nSPS) is 9.93. The molecule has 0 heterocycles. The second-order valence-corrected chi connectivity index (χ2v) is 3.21. The molecule has 0 aliphatic rings. The molecule has 1 amide bonds. The van der Waals surface area contributed by atoms with Crippen LogP contribution in [0.25, 0.3) is 0 Å². The van der Waals surface area contributed by atoms with Crippen LogP contribution in [-0.4, -0.2) is 91.1 Å². The molecule has 0 aromatic heterocycles. The molecule has 3 N–H and O–H groups in total. The molecule has 0 aromatic carbocycles. The van der Waals surface area contributed by atoms with E-state index >= 15 is 0 Å². The first-order valence-corrected chi connectivity index (χ1v) is 4.20. The van der Waals surface area contributed by atoms with Gasteiger partial charge in [-0.2, -0.15) is 0 Å². The van der Waals surface area contributed by atoms with Crippen LogP contribution >= 0.6 is 7.60 Å². The van der Waals surface area contributed by atoms with E-state index in [2.05, 4.69) is 0 Å². The number of carbonyl (C=O) groups excluding carboxylic acids is 2. The predicted octanol–water partition coefficient (Wildman–Crippen LogP) is -1.71. The van der Waals surface area contributed by atoms with Crippen molar-refractivity contribution in [2.24, 2.45) is 0 Å². The Kier molecular flexibility index (Phi) is 13.5. The predicted molar refractivity (Wildman–Crippen MR) is 47.4 cm³/mol. The molecule has 0 fully saturated rings. The van der Waals surface area contributed by atoms with Crippen molar-refractivity contribution in [2.75, 3.05) is 0 Å². The van der Waals surface area contributed by atoms with Crippen LogP contribution in [0, 0.1) is 0 Å². The largest absolute Gasteiger partial charge is 0.395 e. The van der Waals surface area contributed by atoms with Crippen LogP contribution in [0.3, 0.4) is 0 Å². The zero-order chi connectivity index (χ0) is 9.78. The summed E-state index contributed by atoms with van der Waals surface area (Å²) in [7, 11) is -4.80. The van der Waals surface area contributed by atoms with E-state index in [1.807, 2.05) is 0 Å². The second-order valence-electron chi connectivity index (χ2n) is 1.68. The maximum Gasteiger partial charge on any atom is 0.395 e. The van der Waals surface area contributed by atoms with Crippen molar-refractivity contribution in [2.45, 2.75) is 0 Å². The molecular formula is C4H6NNa2O6P. The summed E-state index contributed by atoms with van der Waals surface area (Å²) in [5, 5.41) is 8.30. The Morgan fingerprint density at radius 3 is 2.00 bits per heavy atom. The van der Waals surface area contributed by atoms with Gasteiger partial charge in [0.2, 0.25) is 6.41 Å². The molecule has 0 spiro atoms. The van der Waals surface area contributed by atoms with Crippen LogP contribution < -0.4 is 0 Å². The van der Waals surface area contributed by atoms with Crippen molar-refractivity contribution in [3.05, 3.63) is 12.3 Å². The molecule has 7 nitrogen and oxygen atoms in total. The number of amides is 1. The smallest absolute Gasteiger partial charge is 0.319 e. The maximum absolute atomic E-state index is 10.4. The summed E-state index contributed by atoms with van der Waals surface area (Å²) in [4.78, 5) is 36.5. The quantitative estimate of drug-likeness (QED) is 0.135. The molecule has 10 heteroatoms. The SMILES string of the molecule is O=CN(O)C=CC(=O)P(=O)(O)O.[Na].[Na]. The average molecular weight is 241 g/mol. The molecule has 0 aliphatic carbocycles. The number of nitrogens with zero attached hydrogens (tertiary/aromatic N) is 1. The molecule has 0 aromatic rings. The van der Waals surface area contributed by atoms with Crippen LogP contribution in [0.15, 0.2) is 12.3 Å². The standard InChI is InChI=1S/C4H6NO6P.2Na/c6-3-5(8)2-1-4(7)12(9,10)11;;/h1-3,8H,(H2,9,10,11);;. The first-order valence-electron chi connectivity index (χ1n) is 2.58. The fourth-order valence-corrected chi connectivity index (χ4v) is 0.533. The van der Waals surface area contributed by atoms with Crippen molar-refractivity contribution in [3.8, 4) is 0 Å². The van der Waals surface area contributed by atoms with Gasteiger partial charge in [-0.15, -0.1) is 0 Å². The molecule has 0 unspecified atom stereocenters. The Hall–Kier alpha value is 0.990. The van der Waals surface area contributed by atoms with Crippen molar-refractivity contribution >= 4 is 78.6 Å². The minimum absolute atomic E-state index is 0. The van der Waals surface area contributed by atoms with E-state index in [1.54, 1.807) is 0 Å². The Morgan fingerprint density at radius 1 is 1.29 bits per heavy atom. The molecule has 70 valence electrons. The average Bonchev–Trinajstić information content (AvgIpc) is 1.97. The molecule has 0 saturated heterocycles. The van der Waals surface area contributed by atoms with Gasteiger partial charge in [-0.3, -0.25) is 19.4 Å². The zero-order valence-electron chi connectivity index (χ0n) is 7.69. The van der Waals surface area contributed by atoms with Gasteiger partial charge in [0.1, 0.15) is 0 Å². The van der Waals surface area contributed by atoms with E-state index in [1.165, 1.54) is 0 Å². The molecule has 0 saturated carbocycles. The fraction of sp³-hybridized carbons (Fsp3) is 0. The molecule has 0 rings (SSSR count). The van der Waals surface area contributed by atoms with Gasteiger partial charge >= 0.3 is 7.60 Å². The van der Waals surface area contributed by atoms with Gasteiger partial charge in [0.25, 0.3) is 5.52 Å². The van der Waals surface area contributed by atoms with Crippen LogP contribution in [0.4, 0.5) is 0 Å². The Balaban J connectivity index is -0.000000605. The van der Waals surface area contributed by atoms with Crippen molar-refractivity contribution in [1.82, 2.24) is 5.06 Å². The van der Waals surface area contributed by atoms with Gasteiger partial charge in [-0.1, -0.05) is 0 Å². The minimum Gasteiger partial charge on any atom is -0.319 e. The number of hydrogen-bond acceptors (Lipinski definition) is 4. The first-order chi connectivity index (χ1) is 5.38. The van der Waals surface area contributed by atoms with Gasteiger partial charge in [0, 0.05) is 71.4 Å². The monoisotopic (exact) mass is 241 g/mol. The first kappa shape index (κ1) is 20.4. The van der Waals surface area contributed by atoms with E-state index in [0.29, 0.717) is 12.3 Å². The number of rotatable bonds is 4. The van der Waals surface area contributed by atoms with Gasteiger partial charge in [0.05, 0.1) is 0 Å². The zero-order valence-corrected chi connectivity index (χ0v) is 12.6. The second kappa shape index (κ2) is 9.23. The van der Waals surface area contributed by atoms with E-state index in [4.69, 9.17) is 15.0 Å². The Bertz CT molecular complexity index is 263. The van der Waals surface area contributed by atoms with Crippen LogP contribution in [-0.2, 0) is 14.2 Å². The van der Waals surface area contributed by atoms with Crippen molar-refractivity contribution in [3.63, 3.8) is 0 Å². The third kappa shape index (κ3) is 9.54. The minimum atomic E-state index is -4.80. The third-order valence-electron chi connectivity index (χ3n) is 0.765. The maximum atomic E-state index is 10.4. The summed E-state index contributed by atoms with van der Waals surface area (Å²) in [6, 6.07) is 0. The number of hydroxylamine groups is 2. The molecule has 0 aliphatic heterocycles. The van der Waals surface area contributed by atoms with Gasteiger partial charge < -0.3 is 9.79 Å². The van der Waals surface area contributed by atoms with Gasteiger partial charge in [-0.25, -0.2) is 5.06 Å². The third-order valence-corrected chi connectivity index (χ3v) is 1.49. The van der Waals surface area contributed by atoms with Gasteiger partial charge in [0.15, 0.2) is 0 Å². The fourth-order valence-electron chi connectivity index (χ4n) is 0.272. The summed E-state index contributed by atoms with van der Waals surface area (Å²) in [6.45, 7) is 0. The summed E-state index contributed by atoms with van der Waals surface area (Å²) < 4.78 is 10.1. The summed E-state index contributed by atoms with van der Waals surface area (Å²) in [5.41, 5.74) is -1.48. The summed E-state index contributed by atoms with van der Waals surface area (Å²) in [5.74, 6) is 0. The molecular weight excluding hydrogens is 235 g/mol. The Morgan fingerprint density at radius 2 is 1.71 bits per heavy atom. The van der Waals surface area contributed by atoms with E-state index in [9.17, 15) is 14.2 Å². The van der Waals surface area contributed by atoms with E-state index < -0.39 is 13.1 Å². The molecule has 14 heavy (non-hydrogen) atoms. The summed E-state index contributed by atoms with van der Waals surface area (Å²) in [6.07, 6.45) is 0.868.